The number of hydrogen-bond acceptors (Lipinski definition) is 5. The number of aryl methyl sites for hydroxylation is 1. The Labute approximate surface area is 158 Å². The molecular weight excluding hydrogens is 338 g/mol. The van der Waals surface area contributed by atoms with Gasteiger partial charge in [0, 0.05) is 12.1 Å². The van der Waals surface area contributed by atoms with Crippen LogP contribution in [0.4, 0.5) is 0 Å². The van der Waals surface area contributed by atoms with Gasteiger partial charge in [0.2, 0.25) is 11.8 Å². The average Bonchev–Trinajstić information content (AvgIpc) is 3.35. The minimum atomic E-state index is 0.548. The molecule has 2 aromatic heterocycles. The zero-order valence-electron chi connectivity index (χ0n) is 15.2. The molecule has 136 valence electrons. The molecule has 27 heavy (non-hydrogen) atoms. The van der Waals surface area contributed by atoms with Crippen LogP contribution in [0.15, 0.2) is 81.8 Å². The Bertz CT molecular complexity index is 978. The maximum absolute atomic E-state index is 5.92. The van der Waals surface area contributed by atoms with Crippen molar-refractivity contribution in [2.24, 2.45) is 0 Å². The Morgan fingerprint density at radius 2 is 1.74 bits per heavy atom. The molecule has 0 amide bonds. The topological polar surface area (TPSA) is 55.3 Å². The van der Waals surface area contributed by atoms with E-state index in [-0.39, 0.29) is 0 Å². The Morgan fingerprint density at radius 1 is 0.852 bits per heavy atom. The highest BCUT2D eigenvalue weighted by Crippen LogP contribution is 2.20. The van der Waals surface area contributed by atoms with E-state index in [0.29, 0.717) is 24.9 Å². The molecule has 0 unspecified atom stereocenters. The molecule has 0 saturated carbocycles. The van der Waals surface area contributed by atoms with Crippen molar-refractivity contribution >= 4 is 0 Å². The molecule has 0 aliphatic rings. The van der Waals surface area contributed by atoms with Crippen molar-refractivity contribution in [2.75, 3.05) is 0 Å². The zero-order chi connectivity index (χ0) is 18.5. The van der Waals surface area contributed by atoms with Gasteiger partial charge in [-0.05, 0) is 36.8 Å². The van der Waals surface area contributed by atoms with Gasteiger partial charge in [0.25, 0.3) is 0 Å². The van der Waals surface area contributed by atoms with Crippen LogP contribution in [0, 0.1) is 6.92 Å². The minimum absolute atomic E-state index is 0.548. The number of aromatic nitrogens is 2. The van der Waals surface area contributed by atoms with Crippen LogP contribution in [-0.2, 0) is 19.6 Å². The van der Waals surface area contributed by atoms with Gasteiger partial charge in [-0.2, -0.15) is 0 Å². The van der Waals surface area contributed by atoms with Gasteiger partial charge in [0.15, 0.2) is 0 Å². The second-order valence-corrected chi connectivity index (χ2v) is 6.58. The SMILES string of the molecule is Cc1cccc(-c2nnc(CN(Cc3ccccc3)Cc3ccco3)o2)c1. The lowest BCUT2D eigenvalue weighted by molar-refractivity contribution is 0.206. The van der Waals surface area contributed by atoms with Gasteiger partial charge in [-0.3, -0.25) is 4.90 Å². The van der Waals surface area contributed by atoms with Gasteiger partial charge in [0.1, 0.15) is 5.76 Å². The smallest absolute Gasteiger partial charge is 0.247 e. The molecule has 2 heterocycles. The van der Waals surface area contributed by atoms with Gasteiger partial charge >= 0.3 is 0 Å². The number of rotatable bonds is 7. The normalized spacial score (nSPS) is 11.2. The number of benzene rings is 2. The number of nitrogens with zero attached hydrogens (tertiary/aromatic N) is 3. The fourth-order valence-corrected chi connectivity index (χ4v) is 3.04. The highest BCUT2D eigenvalue weighted by molar-refractivity contribution is 5.53. The first kappa shape index (κ1) is 17.2. The van der Waals surface area contributed by atoms with Crippen LogP contribution < -0.4 is 0 Å². The van der Waals surface area contributed by atoms with Crippen molar-refractivity contribution < 1.29 is 8.83 Å². The Kier molecular flexibility index (Phi) is 5.12. The van der Waals surface area contributed by atoms with Crippen LogP contribution in [-0.4, -0.2) is 15.1 Å². The highest BCUT2D eigenvalue weighted by atomic mass is 16.4. The van der Waals surface area contributed by atoms with E-state index in [2.05, 4.69) is 27.2 Å². The molecule has 4 aromatic rings. The minimum Gasteiger partial charge on any atom is -0.468 e. The first-order valence-corrected chi connectivity index (χ1v) is 8.94. The third-order valence-electron chi connectivity index (χ3n) is 4.30. The number of hydrogen-bond donors (Lipinski definition) is 0. The van der Waals surface area contributed by atoms with Gasteiger partial charge in [-0.25, -0.2) is 0 Å². The largest absolute Gasteiger partial charge is 0.468 e. The average molecular weight is 359 g/mol. The quantitative estimate of drug-likeness (QED) is 0.472. The van der Waals surface area contributed by atoms with E-state index < -0.39 is 0 Å². The summed E-state index contributed by atoms with van der Waals surface area (Å²) >= 11 is 0. The second-order valence-electron chi connectivity index (χ2n) is 6.58. The molecule has 0 radical (unpaired) electrons. The van der Waals surface area contributed by atoms with Crippen LogP contribution in [0.5, 0.6) is 0 Å². The molecule has 5 heteroatoms. The van der Waals surface area contributed by atoms with Crippen LogP contribution in [0.3, 0.4) is 0 Å². The summed E-state index contributed by atoms with van der Waals surface area (Å²) in [5, 5.41) is 8.46. The third-order valence-corrected chi connectivity index (χ3v) is 4.30. The molecule has 0 spiro atoms. The van der Waals surface area contributed by atoms with E-state index in [1.54, 1.807) is 6.26 Å². The highest BCUT2D eigenvalue weighted by Gasteiger charge is 2.15. The van der Waals surface area contributed by atoms with Crippen LogP contribution in [0.2, 0.25) is 0 Å². The predicted octanol–water partition coefficient (Wildman–Crippen LogP) is 4.84. The van der Waals surface area contributed by atoms with Crippen molar-refractivity contribution in [1.29, 1.82) is 0 Å². The lowest BCUT2D eigenvalue weighted by Gasteiger charge is -2.19. The maximum atomic E-state index is 5.92. The van der Waals surface area contributed by atoms with Gasteiger partial charge in [-0.1, -0.05) is 48.0 Å². The molecule has 0 bridgehead atoms. The maximum Gasteiger partial charge on any atom is 0.247 e. The summed E-state index contributed by atoms with van der Waals surface area (Å²) in [7, 11) is 0. The molecule has 0 aliphatic heterocycles. The molecule has 5 nitrogen and oxygen atoms in total. The van der Waals surface area contributed by atoms with Gasteiger partial charge in [-0.15, -0.1) is 10.2 Å². The molecule has 0 N–H and O–H groups in total. The van der Waals surface area contributed by atoms with Crippen molar-refractivity contribution in [1.82, 2.24) is 15.1 Å². The van der Waals surface area contributed by atoms with E-state index in [1.807, 2.05) is 61.5 Å². The first-order valence-electron chi connectivity index (χ1n) is 8.94. The van der Waals surface area contributed by atoms with E-state index in [0.717, 1.165) is 23.4 Å². The second kappa shape index (κ2) is 8.01. The molecule has 0 fully saturated rings. The molecule has 0 atom stereocenters. The summed E-state index contributed by atoms with van der Waals surface area (Å²) in [4.78, 5) is 2.22. The fourth-order valence-electron chi connectivity index (χ4n) is 3.04. The zero-order valence-corrected chi connectivity index (χ0v) is 15.2. The molecule has 0 saturated heterocycles. The van der Waals surface area contributed by atoms with Gasteiger partial charge in [0.05, 0.1) is 19.4 Å². The summed E-state index contributed by atoms with van der Waals surface area (Å²) < 4.78 is 11.4. The first-order chi connectivity index (χ1) is 13.3. The summed E-state index contributed by atoms with van der Waals surface area (Å²) in [6.07, 6.45) is 1.69. The van der Waals surface area contributed by atoms with Crippen LogP contribution in [0.1, 0.15) is 22.8 Å². The van der Waals surface area contributed by atoms with E-state index in [4.69, 9.17) is 8.83 Å². The molecule has 0 aliphatic carbocycles. The van der Waals surface area contributed by atoms with E-state index >= 15 is 0 Å². The molecular formula is C22H21N3O2. The van der Waals surface area contributed by atoms with Crippen molar-refractivity contribution in [2.45, 2.75) is 26.6 Å². The molecule has 2 aromatic carbocycles. The summed E-state index contributed by atoms with van der Waals surface area (Å²) in [6, 6.07) is 22.3. The lowest BCUT2D eigenvalue weighted by atomic mass is 10.1. The number of furan rings is 1. The third kappa shape index (κ3) is 4.51. The molecule has 4 rings (SSSR count). The van der Waals surface area contributed by atoms with Crippen molar-refractivity contribution in [3.8, 4) is 11.5 Å². The predicted molar refractivity (Wildman–Crippen MR) is 103 cm³/mol. The van der Waals surface area contributed by atoms with Crippen LogP contribution in [0.25, 0.3) is 11.5 Å². The monoisotopic (exact) mass is 359 g/mol. The van der Waals surface area contributed by atoms with Crippen molar-refractivity contribution in [3.05, 3.63) is 95.8 Å². The Balaban J connectivity index is 1.52. The van der Waals surface area contributed by atoms with Crippen molar-refractivity contribution in [3.63, 3.8) is 0 Å². The Morgan fingerprint density at radius 3 is 2.52 bits per heavy atom. The fraction of sp³-hybridized carbons (Fsp3) is 0.182. The summed E-state index contributed by atoms with van der Waals surface area (Å²) in [6.45, 7) is 4.04. The summed E-state index contributed by atoms with van der Waals surface area (Å²) in [5.74, 6) is 2.05. The summed E-state index contributed by atoms with van der Waals surface area (Å²) in [5.41, 5.74) is 3.33. The van der Waals surface area contributed by atoms with Gasteiger partial charge < -0.3 is 8.83 Å². The van der Waals surface area contributed by atoms with Crippen LogP contribution >= 0.6 is 0 Å². The Hall–Kier alpha value is -3.18. The standard InChI is InChI=1S/C22H21N3O2/c1-17-7-5-10-19(13-17)22-24-23-21(27-22)16-25(15-20-11-6-12-26-20)14-18-8-3-2-4-9-18/h2-13H,14-16H2,1H3. The lowest BCUT2D eigenvalue weighted by Crippen LogP contribution is -2.22. The van der Waals surface area contributed by atoms with E-state index in [1.165, 1.54) is 5.56 Å². The van der Waals surface area contributed by atoms with E-state index in [9.17, 15) is 0 Å².